The van der Waals surface area contributed by atoms with E-state index in [1.165, 1.54) is 0 Å². The summed E-state index contributed by atoms with van der Waals surface area (Å²) in [5, 5.41) is 0. The Morgan fingerprint density at radius 3 is 2.16 bits per heavy atom. The van der Waals surface area contributed by atoms with Gasteiger partial charge >= 0.3 is 0 Å². The number of carbonyl (C=O) groups is 1. The molecule has 0 radical (unpaired) electrons. The van der Waals surface area contributed by atoms with Crippen molar-refractivity contribution in [3.63, 3.8) is 0 Å². The van der Waals surface area contributed by atoms with Gasteiger partial charge in [0.2, 0.25) is 0 Å². The molecule has 0 saturated carbocycles. The minimum absolute atomic E-state index is 0.0783. The third-order valence-corrected chi connectivity index (χ3v) is 3.27. The zero-order valence-corrected chi connectivity index (χ0v) is 11.5. The minimum Gasteiger partial charge on any atom is -0.372 e. The first kappa shape index (κ1) is 13.3. The van der Waals surface area contributed by atoms with E-state index in [2.05, 4.69) is 24.8 Å². The average molecular weight is 253 g/mol. The summed E-state index contributed by atoms with van der Waals surface area (Å²) in [6, 6.07) is 17.3. The molecule has 2 heteroatoms. The Morgan fingerprint density at radius 2 is 1.53 bits per heavy atom. The van der Waals surface area contributed by atoms with Gasteiger partial charge in [-0.25, -0.2) is 0 Å². The number of hydrogen-bond acceptors (Lipinski definition) is 2. The van der Waals surface area contributed by atoms with Crippen molar-refractivity contribution in [3.05, 3.63) is 65.7 Å². The molecule has 0 unspecified atom stereocenters. The van der Waals surface area contributed by atoms with Gasteiger partial charge < -0.3 is 4.90 Å². The summed E-state index contributed by atoms with van der Waals surface area (Å²) in [5.41, 5.74) is 2.58. The highest BCUT2D eigenvalue weighted by molar-refractivity contribution is 6.09. The summed E-state index contributed by atoms with van der Waals surface area (Å²) in [6.45, 7) is 6.13. The summed E-state index contributed by atoms with van der Waals surface area (Å²) >= 11 is 0. The lowest BCUT2D eigenvalue weighted by Gasteiger charge is -2.21. The predicted octanol–water partition coefficient (Wildman–Crippen LogP) is 3.76. The molecule has 0 aliphatic heterocycles. The van der Waals surface area contributed by atoms with E-state index in [1.807, 2.05) is 48.5 Å². The van der Waals surface area contributed by atoms with Crippen molar-refractivity contribution in [2.45, 2.75) is 13.8 Å². The molecular weight excluding hydrogens is 234 g/mol. The van der Waals surface area contributed by atoms with Crippen LogP contribution < -0.4 is 4.90 Å². The lowest BCUT2D eigenvalue weighted by Crippen LogP contribution is -2.22. The van der Waals surface area contributed by atoms with Gasteiger partial charge in [-0.1, -0.05) is 42.5 Å². The molecule has 0 aromatic heterocycles. The fourth-order valence-corrected chi connectivity index (χ4v) is 2.19. The monoisotopic (exact) mass is 253 g/mol. The van der Waals surface area contributed by atoms with Gasteiger partial charge in [0.25, 0.3) is 0 Å². The maximum Gasteiger partial charge on any atom is 0.193 e. The molecule has 0 fully saturated rings. The smallest absolute Gasteiger partial charge is 0.193 e. The second-order valence-corrected chi connectivity index (χ2v) is 4.42. The van der Waals surface area contributed by atoms with E-state index in [0.29, 0.717) is 0 Å². The summed E-state index contributed by atoms with van der Waals surface area (Å²) in [4.78, 5) is 14.6. The molecule has 0 spiro atoms. The normalized spacial score (nSPS) is 10.2. The van der Waals surface area contributed by atoms with Crippen molar-refractivity contribution in [1.82, 2.24) is 0 Å². The Labute approximate surface area is 114 Å². The van der Waals surface area contributed by atoms with Gasteiger partial charge in [0.15, 0.2) is 5.78 Å². The van der Waals surface area contributed by atoms with Crippen molar-refractivity contribution in [2.24, 2.45) is 0 Å². The van der Waals surface area contributed by atoms with Crippen LogP contribution in [0.25, 0.3) is 0 Å². The van der Waals surface area contributed by atoms with Crippen LogP contribution in [0.4, 0.5) is 5.69 Å². The largest absolute Gasteiger partial charge is 0.372 e. The molecule has 2 aromatic rings. The standard InChI is InChI=1S/C17H19NO/c1-3-18(4-2)16-12-8-11-15(13-16)17(19)14-9-6-5-7-10-14/h5-13H,3-4H2,1-2H3. The van der Waals surface area contributed by atoms with Crippen LogP contribution in [-0.2, 0) is 0 Å². The maximum absolute atomic E-state index is 12.4. The molecule has 0 aliphatic rings. The Bertz CT molecular complexity index is 544. The highest BCUT2D eigenvalue weighted by Crippen LogP contribution is 2.18. The van der Waals surface area contributed by atoms with Gasteiger partial charge in [-0.15, -0.1) is 0 Å². The number of ketones is 1. The first-order chi connectivity index (χ1) is 9.26. The second kappa shape index (κ2) is 6.19. The Balaban J connectivity index is 2.31. The second-order valence-electron chi connectivity index (χ2n) is 4.42. The van der Waals surface area contributed by atoms with E-state index < -0.39 is 0 Å². The highest BCUT2D eigenvalue weighted by Gasteiger charge is 2.10. The van der Waals surface area contributed by atoms with E-state index in [0.717, 1.165) is 29.9 Å². The Morgan fingerprint density at radius 1 is 0.895 bits per heavy atom. The van der Waals surface area contributed by atoms with Crippen LogP contribution in [0.1, 0.15) is 29.8 Å². The van der Waals surface area contributed by atoms with Gasteiger partial charge in [-0.2, -0.15) is 0 Å². The molecular formula is C17H19NO. The summed E-state index contributed by atoms with van der Waals surface area (Å²) in [6.07, 6.45) is 0. The van der Waals surface area contributed by atoms with Crippen LogP contribution in [0.5, 0.6) is 0 Å². The van der Waals surface area contributed by atoms with E-state index in [9.17, 15) is 4.79 Å². The van der Waals surface area contributed by atoms with Crippen LogP contribution in [0.2, 0.25) is 0 Å². The van der Waals surface area contributed by atoms with Crippen molar-refractivity contribution in [1.29, 1.82) is 0 Å². The summed E-state index contributed by atoms with van der Waals surface area (Å²) in [7, 11) is 0. The Hall–Kier alpha value is -2.09. The fourth-order valence-electron chi connectivity index (χ4n) is 2.19. The van der Waals surface area contributed by atoms with Gasteiger partial charge in [-0.3, -0.25) is 4.79 Å². The van der Waals surface area contributed by atoms with E-state index in [-0.39, 0.29) is 5.78 Å². The number of nitrogens with zero attached hydrogens (tertiary/aromatic N) is 1. The van der Waals surface area contributed by atoms with Gasteiger partial charge in [0, 0.05) is 29.9 Å². The molecule has 2 nitrogen and oxygen atoms in total. The molecule has 2 rings (SSSR count). The highest BCUT2D eigenvalue weighted by atomic mass is 16.1. The van der Waals surface area contributed by atoms with Crippen LogP contribution in [0, 0.1) is 0 Å². The minimum atomic E-state index is 0.0783. The van der Waals surface area contributed by atoms with Crippen LogP contribution in [-0.4, -0.2) is 18.9 Å². The molecule has 0 N–H and O–H groups in total. The number of rotatable bonds is 5. The predicted molar refractivity (Wildman–Crippen MR) is 79.9 cm³/mol. The third kappa shape index (κ3) is 3.02. The third-order valence-electron chi connectivity index (χ3n) is 3.27. The molecule has 0 aliphatic carbocycles. The zero-order chi connectivity index (χ0) is 13.7. The van der Waals surface area contributed by atoms with Crippen molar-refractivity contribution in [3.8, 4) is 0 Å². The van der Waals surface area contributed by atoms with Crippen LogP contribution >= 0.6 is 0 Å². The zero-order valence-electron chi connectivity index (χ0n) is 11.5. The molecule has 0 saturated heterocycles. The SMILES string of the molecule is CCN(CC)c1cccc(C(=O)c2ccccc2)c1. The van der Waals surface area contributed by atoms with Crippen molar-refractivity contribution < 1.29 is 4.79 Å². The van der Waals surface area contributed by atoms with Crippen molar-refractivity contribution >= 4 is 11.5 Å². The molecule has 0 bridgehead atoms. The summed E-state index contributed by atoms with van der Waals surface area (Å²) in [5.74, 6) is 0.0783. The Kier molecular flexibility index (Phi) is 4.35. The molecule has 0 heterocycles. The summed E-state index contributed by atoms with van der Waals surface area (Å²) < 4.78 is 0. The maximum atomic E-state index is 12.4. The van der Waals surface area contributed by atoms with E-state index >= 15 is 0 Å². The van der Waals surface area contributed by atoms with E-state index in [4.69, 9.17) is 0 Å². The molecule has 0 atom stereocenters. The van der Waals surface area contributed by atoms with Gasteiger partial charge in [-0.05, 0) is 26.0 Å². The molecule has 98 valence electrons. The average Bonchev–Trinajstić information content (AvgIpc) is 2.49. The van der Waals surface area contributed by atoms with Crippen LogP contribution in [0.3, 0.4) is 0 Å². The molecule has 2 aromatic carbocycles. The molecule has 0 amide bonds. The van der Waals surface area contributed by atoms with Crippen molar-refractivity contribution in [2.75, 3.05) is 18.0 Å². The molecule has 19 heavy (non-hydrogen) atoms. The van der Waals surface area contributed by atoms with E-state index in [1.54, 1.807) is 0 Å². The van der Waals surface area contributed by atoms with Crippen LogP contribution in [0.15, 0.2) is 54.6 Å². The quantitative estimate of drug-likeness (QED) is 0.756. The topological polar surface area (TPSA) is 20.3 Å². The number of anilines is 1. The van der Waals surface area contributed by atoms with Gasteiger partial charge in [0.05, 0.1) is 0 Å². The number of hydrogen-bond donors (Lipinski definition) is 0. The lowest BCUT2D eigenvalue weighted by atomic mass is 10.0. The first-order valence-corrected chi connectivity index (χ1v) is 6.71. The lowest BCUT2D eigenvalue weighted by molar-refractivity contribution is 0.103. The number of benzene rings is 2. The fraction of sp³-hybridized carbons (Fsp3) is 0.235. The first-order valence-electron chi connectivity index (χ1n) is 6.71. The number of carbonyl (C=O) groups excluding carboxylic acids is 1. The van der Waals surface area contributed by atoms with Gasteiger partial charge in [0.1, 0.15) is 0 Å².